The lowest BCUT2D eigenvalue weighted by Gasteiger charge is -2.24. The van der Waals surface area contributed by atoms with Crippen LogP contribution in [-0.2, 0) is 14.2 Å². The van der Waals surface area contributed by atoms with E-state index < -0.39 is 12.0 Å². The van der Waals surface area contributed by atoms with Crippen molar-refractivity contribution in [1.29, 1.82) is 0 Å². The smallest absolute Gasteiger partial charge is 0.280 e. The highest BCUT2D eigenvalue weighted by Crippen LogP contribution is 2.43. The average molecular weight is 377 g/mol. The summed E-state index contributed by atoms with van der Waals surface area (Å²) in [7, 11) is 3.64. The number of hydrogen-bond acceptors (Lipinski definition) is 8. The minimum Gasteiger partial charge on any atom is -0.369 e. The SMILES string of the molecule is CN(C)C=Nc1nc2c(ncn2[C@@H]2O[C@H](CN)C3OC(C)(C)OC32)c(=O)[nH]1. The molecular weight excluding hydrogens is 354 g/mol. The number of rotatable bonds is 4. The van der Waals surface area contributed by atoms with Crippen molar-refractivity contribution in [3.63, 3.8) is 0 Å². The monoisotopic (exact) mass is 377 g/mol. The lowest BCUT2D eigenvalue weighted by Crippen LogP contribution is -2.34. The van der Waals surface area contributed by atoms with Crippen molar-refractivity contribution < 1.29 is 14.2 Å². The zero-order valence-electron chi connectivity index (χ0n) is 15.6. The second kappa shape index (κ2) is 6.37. The lowest BCUT2D eigenvalue weighted by atomic mass is 10.1. The van der Waals surface area contributed by atoms with E-state index in [0.717, 1.165) is 0 Å². The van der Waals surface area contributed by atoms with E-state index in [9.17, 15) is 4.79 Å². The summed E-state index contributed by atoms with van der Waals surface area (Å²) in [6.07, 6.45) is 1.49. The predicted octanol–water partition coefficient (Wildman–Crippen LogP) is -0.283. The second-order valence-electron chi connectivity index (χ2n) is 7.29. The number of ether oxygens (including phenoxy) is 3. The molecule has 3 N–H and O–H groups in total. The Labute approximate surface area is 155 Å². The Balaban J connectivity index is 1.76. The number of hydrogen-bond donors (Lipinski definition) is 2. The molecule has 2 fully saturated rings. The molecule has 0 bridgehead atoms. The van der Waals surface area contributed by atoms with Crippen molar-refractivity contribution >= 4 is 23.5 Å². The summed E-state index contributed by atoms with van der Waals surface area (Å²) in [5.74, 6) is -0.565. The first kappa shape index (κ1) is 18.0. The molecule has 2 aliphatic heterocycles. The van der Waals surface area contributed by atoms with E-state index in [4.69, 9.17) is 19.9 Å². The van der Waals surface area contributed by atoms with Crippen LogP contribution in [0.2, 0.25) is 0 Å². The molecule has 2 unspecified atom stereocenters. The molecular formula is C16H23N7O4. The van der Waals surface area contributed by atoms with Crippen LogP contribution in [0.15, 0.2) is 16.1 Å². The number of aliphatic imine (C=N–C) groups is 1. The van der Waals surface area contributed by atoms with Gasteiger partial charge in [0, 0.05) is 20.6 Å². The number of aromatic amines is 1. The largest absolute Gasteiger partial charge is 0.369 e. The van der Waals surface area contributed by atoms with E-state index >= 15 is 0 Å². The summed E-state index contributed by atoms with van der Waals surface area (Å²) < 4.78 is 19.7. The third-order valence-electron chi connectivity index (χ3n) is 4.46. The molecule has 4 rings (SSSR count). The number of aromatic nitrogens is 4. The van der Waals surface area contributed by atoms with Gasteiger partial charge in [-0.1, -0.05) is 0 Å². The minimum absolute atomic E-state index is 0.178. The van der Waals surface area contributed by atoms with Crippen molar-refractivity contribution in [3.05, 3.63) is 16.7 Å². The molecule has 0 saturated carbocycles. The van der Waals surface area contributed by atoms with Crippen LogP contribution in [0.3, 0.4) is 0 Å². The highest BCUT2D eigenvalue weighted by atomic mass is 16.8. The fourth-order valence-electron chi connectivity index (χ4n) is 3.40. The maximum absolute atomic E-state index is 12.3. The van der Waals surface area contributed by atoms with Gasteiger partial charge in [-0.05, 0) is 13.8 Å². The van der Waals surface area contributed by atoms with Gasteiger partial charge < -0.3 is 24.8 Å². The number of fused-ring (bicyclic) bond motifs is 2. The Morgan fingerprint density at radius 2 is 2.15 bits per heavy atom. The fourth-order valence-corrected chi connectivity index (χ4v) is 3.40. The molecule has 11 heteroatoms. The third kappa shape index (κ3) is 3.12. The van der Waals surface area contributed by atoms with Gasteiger partial charge in [0.1, 0.15) is 18.3 Å². The molecule has 2 aromatic heterocycles. The van der Waals surface area contributed by atoms with E-state index in [1.54, 1.807) is 15.8 Å². The van der Waals surface area contributed by atoms with Crippen molar-refractivity contribution in [1.82, 2.24) is 24.4 Å². The van der Waals surface area contributed by atoms with Gasteiger partial charge in [0.2, 0.25) is 5.95 Å². The Morgan fingerprint density at radius 1 is 1.41 bits per heavy atom. The predicted molar refractivity (Wildman–Crippen MR) is 96.8 cm³/mol. The second-order valence-corrected chi connectivity index (χ2v) is 7.29. The number of nitrogens with zero attached hydrogens (tertiary/aromatic N) is 5. The number of imidazole rings is 1. The van der Waals surface area contributed by atoms with E-state index in [0.29, 0.717) is 5.65 Å². The van der Waals surface area contributed by atoms with Crippen molar-refractivity contribution in [2.45, 2.75) is 44.2 Å². The molecule has 2 aromatic rings. The van der Waals surface area contributed by atoms with Gasteiger partial charge in [0.15, 0.2) is 23.2 Å². The molecule has 2 saturated heterocycles. The van der Waals surface area contributed by atoms with Gasteiger partial charge in [-0.15, -0.1) is 0 Å². The van der Waals surface area contributed by atoms with E-state index in [1.165, 1.54) is 6.33 Å². The van der Waals surface area contributed by atoms with Gasteiger partial charge in [0.25, 0.3) is 5.56 Å². The molecule has 0 spiro atoms. The highest BCUT2D eigenvalue weighted by molar-refractivity contribution is 5.71. The lowest BCUT2D eigenvalue weighted by molar-refractivity contribution is -0.195. The maximum atomic E-state index is 12.3. The molecule has 11 nitrogen and oxygen atoms in total. The molecule has 0 aromatic carbocycles. The quantitative estimate of drug-likeness (QED) is 0.549. The number of H-pyrrole nitrogens is 1. The van der Waals surface area contributed by atoms with Crippen LogP contribution in [0.1, 0.15) is 20.1 Å². The van der Waals surface area contributed by atoms with E-state index in [-0.39, 0.29) is 41.9 Å². The summed E-state index contributed by atoms with van der Waals surface area (Å²) in [5.41, 5.74) is 6.03. The third-order valence-corrected chi connectivity index (χ3v) is 4.46. The normalized spacial score (nSPS) is 29.7. The van der Waals surface area contributed by atoms with Crippen molar-refractivity contribution in [2.24, 2.45) is 10.7 Å². The molecule has 4 heterocycles. The summed E-state index contributed by atoms with van der Waals surface area (Å²) in [5, 5.41) is 0. The summed E-state index contributed by atoms with van der Waals surface area (Å²) in [6.45, 7) is 3.98. The molecule has 2 aliphatic rings. The van der Waals surface area contributed by atoms with Gasteiger partial charge in [-0.3, -0.25) is 14.3 Å². The first-order valence-electron chi connectivity index (χ1n) is 8.68. The molecule has 0 amide bonds. The Bertz CT molecular complexity index is 934. The van der Waals surface area contributed by atoms with Gasteiger partial charge in [-0.25, -0.2) is 9.98 Å². The zero-order valence-corrected chi connectivity index (χ0v) is 15.6. The first-order chi connectivity index (χ1) is 12.8. The van der Waals surface area contributed by atoms with E-state index in [2.05, 4.69) is 19.9 Å². The summed E-state index contributed by atoms with van der Waals surface area (Å²) in [4.78, 5) is 29.5. The molecule has 27 heavy (non-hydrogen) atoms. The average Bonchev–Trinajstić information content (AvgIpc) is 3.23. The van der Waals surface area contributed by atoms with Crippen LogP contribution in [0.4, 0.5) is 5.95 Å². The Morgan fingerprint density at radius 3 is 2.85 bits per heavy atom. The van der Waals surface area contributed by atoms with Crippen LogP contribution in [0.5, 0.6) is 0 Å². The standard InChI is InChI=1S/C16H23N7O4/c1-16(2)26-10-8(5-17)25-14(11(10)27-16)23-7-18-9-12(23)20-15(21-13(9)24)19-6-22(3)4/h6-8,10-11,14H,5,17H2,1-4H3,(H,20,21,24)/t8-,10?,11?,14-/m1/s1. The van der Waals surface area contributed by atoms with Gasteiger partial charge in [0.05, 0.1) is 12.7 Å². The molecule has 146 valence electrons. The summed E-state index contributed by atoms with van der Waals surface area (Å²) >= 11 is 0. The fraction of sp³-hybridized carbons (Fsp3) is 0.625. The van der Waals surface area contributed by atoms with E-state index in [1.807, 2.05) is 27.9 Å². The van der Waals surface area contributed by atoms with Crippen LogP contribution >= 0.6 is 0 Å². The Kier molecular flexibility index (Phi) is 4.26. The van der Waals surface area contributed by atoms with Crippen LogP contribution in [-0.4, -0.2) is 75.5 Å². The first-order valence-corrected chi connectivity index (χ1v) is 8.68. The van der Waals surface area contributed by atoms with Crippen molar-refractivity contribution in [2.75, 3.05) is 20.6 Å². The number of nitrogens with one attached hydrogen (secondary N) is 1. The maximum Gasteiger partial charge on any atom is 0.280 e. The van der Waals surface area contributed by atoms with Gasteiger partial charge >= 0.3 is 0 Å². The van der Waals surface area contributed by atoms with Crippen LogP contribution < -0.4 is 11.3 Å². The van der Waals surface area contributed by atoms with Crippen LogP contribution in [0, 0.1) is 0 Å². The number of nitrogens with two attached hydrogens (primary N) is 1. The van der Waals surface area contributed by atoms with Crippen molar-refractivity contribution in [3.8, 4) is 0 Å². The molecule has 4 atom stereocenters. The Hall–Kier alpha value is -2.34. The topological polar surface area (TPSA) is 133 Å². The van der Waals surface area contributed by atoms with Gasteiger partial charge in [-0.2, -0.15) is 4.98 Å². The summed E-state index contributed by atoms with van der Waals surface area (Å²) in [6, 6.07) is 0. The highest BCUT2D eigenvalue weighted by Gasteiger charge is 2.55. The molecule has 0 aliphatic carbocycles. The molecule has 0 radical (unpaired) electrons. The van der Waals surface area contributed by atoms with Crippen LogP contribution in [0.25, 0.3) is 11.2 Å². The minimum atomic E-state index is -0.743. The zero-order chi connectivity index (χ0) is 19.3.